The molecule has 0 fully saturated rings. The summed E-state index contributed by atoms with van der Waals surface area (Å²) in [5.74, 6) is -0.371. The Morgan fingerprint density at radius 3 is 2.33 bits per heavy atom. The van der Waals surface area contributed by atoms with Crippen LogP contribution in [-0.4, -0.2) is 8.42 Å². The number of fused-ring (bicyclic) bond motifs is 1. The van der Waals surface area contributed by atoms with Gasteiger partial charge in [-0.25, -0.2) is 8.42 Å². The highest BCUT2D eigenvalue weighted by Crippen LogP contribution is 2.16. The van der Waals surface area contributed by atoms with Crippen molar-refractivity contribution in [1.82, 2.24) is 0 Å². The van der Waals surface area contributed by atoms with Gasteiger partial charge < -0.3 is 4.42 Å². The molecule has 21 heavy (non-hydrogen) atoms. The van der Waals surface area contributed by atoms with Crippen molar-refractivity contribution in [3.05, 3.63) is 76.6 Å². The molecule has 2 aromatic carbocycles. The van der Waals surface area contributed by atoms with Crippen LogP contribution >= 0.6 is 0 Å². The van der Waals surface area contributed by atoms with E-state index in [4.69, 9.17) is 4.42 Å². The number of para-hydroxylation sites is 1. The smallest absolute Gasteiger partial charge is 0.196 e. The van der Waals surface area contributed by atoms with Gasteiger partial charge in [-0.05, 0) is 24.3 Å². The van der Waals surface area contributed by atoms with E-state index in [-0.39, 0.29) is 21.6 Å². The highest BCUT2D eigenvalue weighted by atomic mass is 32.2. The van der Waals surface area contributed by atoms with Crippen LogP contribution in [0.5, 0.6) is 0 Å². The Hall–Kier alpha value is -2.40. The molecule has 0 aliphatic rings. The van der Waals surface area contributed by atoms with Crippen LogP contribution < -0.4 is 5.43 Å². The first-order chi connectivity index (χ1) is 10.1. The molecule has 0 atom stereocenters. The van der Waals surface area contributed by atoms with Gasteiger partial charge in [0.05, 0.1) is 27.9 Å². The molecule has 0 unspecified atom stereocenters. The van der Waals surface area contributed by atoms with Crippen molar-refractivity contribution < 1.29 is 12.8 Å². The summed E-state index contributed by atoms with van der Waals surface area (Å²) in [5.41, 5.74) is 0.275. The lowest BCUT2D eigenvalue weighted by atomic mass is 10.2. The Balaban J connectivity index is 2.07. The number of sulfone groups is 1. The molecule has 0 saturated heterocycles. The Morgan fingerprint density at radius 1 is 0.905 bits per heavy atom. The van der Waals surface area contributed by atoms with Crippen LogP contribution in [0.25, 0.3) is 11.0 Å². The van der Waals surface area contributed by atoms with E-state index in [9.17, 15) is 13.2 Å². The zero-order chi connectivity index (χ0) is 14.9. The number of rotatable bonds is 3. The van der Waals surface area contributed by atoms with Crippen molar-refractivity contribution in [2.75, 3.05) is 0 Å². The minimum Gasteiger partial charge on any atom is -0.464 e. The SMILES string of the molecule is O=c1c(CS(=O)(=O)c2ccccc2)coc2ccccc12. The lowest BCUT2D eigenvalue weighted by Crippen LogP contribution is -2.14. The summed E-state index contributed by atoms with van der Waals surface area (Å²) in [4.78, 5) is 12.5. The molecule has 0 amide bonds. The van der Waals surface area contributed by atoms with Crippen LogP contribution in [0, 0.1) is 0 Å². The molecule has 5 heteroatoms. The van der Waals surface area contributed by atoms with Crippen molar-refractivity contribution in [1.29, 1.82) is 0 Å². The third-order valence-corrected chi connectivity index (χ3v) is 4.88. The first-order valence-corrected chi connectivity index (χ1v) is 8.00. The van der Waals surface area contributed by atoms with Crippen LogP contribution in [0.3, 0.4) is 0 Å². The number of hydrogen-bond acceptors (Lipinski definition) is 4. The fraction of sp³-hybridized carbons (Fsp3) is 0.0625. The molecule has 106 valence electrons. The van der Waals surface area contributed by atoms with Crippen molar-refractivity contribution in [3.8, 4) is 0 Å². The predicted molar refractivity (Wildman–Crippen MR) is 79.8 cm³/mol. The molecule has 0 aliphatic carbocycles. The Bertz CT molecular complexity index is 941. The van der Waals surface area contributed by atoms with Crippen molar-refractivity contribution >= 4 is 20.8 Å². The Labute approximate surface area is 121 Å². The maximum absolute atomic E-state index is 12.3. The average Bonchev–Trinajstić information content (AvgIpc) is 2.51. The largest absolute Gasteiger partial charge is 0.464 e. The molecule has 0 bridgehead atoms. The molecule has 0 spiro atoms. The highest BCUT2D eigenvalue weighted by Gasteiger charge is 2.18. The van der Waals surface area contributed by atoms with E-state index in [1.807, 2.05) is 0 Å². The van der Waals surface area contributed by atoms with Crippen LogP contribution in [0.2, 0.25) is 0 Å². The molecule has 3 rings (SSSR count). The first-order valence-electron chi connectivity index (χ1n) is 6.35. The predicted octanol–water partition coefficient (Wildman–Crippen LogP) is 2.77. The van der Waals surface area contributed by atoms with E-state index in [0.29, 0.717) is 11.0 Å². The molecule has 0 N–H and O–H groups in total. The third kappa shape index (κ3) is 2.60. The van der Waals surface area contributed by atoms with E-state index in [2.05, 4.69) is 0 Å². The van der Waals surface area contributed by atoms with Gasteiger partial charge in [-0.15, -0.1) is 0 Å². The molecule has 3 aromatic rings. The minimum absolute atomic E-state index is 0.137. The van der Waals surface area contributed by atoms with Crippen LogP contribution in [0.4, 0.5) is 0 Å². The van der Waals surface area contributed by atoms with Gasteiger partial charge in [0.1, 0.15) is 5.58 Å². The summed E-state index contributed by atoms with van der Waals surface area (Å²) in [6.45, 7) is 0. The molecule has 0 radical (unpaired) electrons. The Kier molecular flexibility index (Phi) is 3.35. The third-order valence-electron chi connectivity index (χ3n) is 3.20. The van der Waals surface area contributed by atoms with Gasteiger partial charge >= 0.3 is 0 Å². The topological polar surface area (TPSA) is 64.3 Å². The second-order valence-corrected chi connectivity index (χ2v) is 6.65. The summed E-state index contributed by atoms with van der Waals surface area (Å²) in [5, 5.41) is 0.387. The molecule has 0 aliphatic heterocycles. The Morgan fingerprint density at radius 2 is 1.57 bits per heavy atom. The van der Waals surface area contributed by atoms with Gasteiger partial charge in [0.2, 0.25) is 0 Å². The molecule has 1 heterocycles. The zero-order valence-electron chi connectivity index (χ0n) is 11.0. The second kappa shape index (κ2) is 5.18. The van der Waals surface area contributed by atoms with Crippen molar-refractivity contribution in [2.24, 2.45) is 0 Å². The minimum atomic E-state index is -3.56. The van der Waals surface area contributed by atoms with Gasteiger partial charge in [-0.2, -0.15) is 0 Å². The van der Waals surface area contributed by atoms with Crippen molar-refractivity contribution in [2.45, 2.75) is 10.6 Å². The molecule has 0 saturated carbocycles. The monoisotopic (exact) mass is 300 g/mol. The van der Waals surface area contributed by atoms with E-state index in [1.165, 1.54) is 18.4 Å². The average molecular weight is 300 g/mol. The lowest BCUT2D eigenvalue weighted by Gasteiger charge is -2.04. The normalized spacial score (nSPS) is 11.6. The number of hydrogen-bond donors (Lipinski definition) is 0. The summed E-state index contributed by atoms with van der Waals surface area (Å²) >= 11 is 0. The summed E-state index contributed by atoms with van der Waals surface area (Å²) in [7, 11) is -3.56. The van der Waals surface area contributed by atoms with E-state index in [0.717, 1.165) is 0 Å². The number of benzene rings is 2. The van der Waals surface area contributed by atoms with E-state index >= 15 is 0 Å². The van der Waals surface area contributed by atoms with E-state index < -0.39 is 9.84 Å². The molecular weight excluding hydrogens is 288 g/mol. The highest BCUT2D eigenvalue weighted by molar-refractivity contribution is 7.90. The zero-order valence-corrected chi connectivity index (χ0v) is 11.8. The second-order valence-electron chi connectivity index (χ2n) is 4.66. The van der Waals surface area contributed by atoms with Crippen molar-refractivity contribution in [3.63, 3.8) is 0 Å². The summed E-state index contributed by atoms with van der Waals surface area (Å²) in [6.07, 6.45) is 1.23. The maximum Gasteiger partial charge on any atom is 0.196 e. The standard InChI is InChI=1S/C16H12O4S/c17-16-12(10-20-15-9-5-4-8-14(15)16)11-21(18,19)13-6-2-1-3-7-13/h1-10H,11H2. The fourth-order valence-electron chi connectivity index (χ4n) is 2.13. The maximum atomic E-state index is 12.3. The van der Waals surface area contributed by atoms with Crippen LogP contribution in [-0.2, 0) is 15.6 Å². The van der Waals surface area contributed by atoms with Gasteiger partial charge in [0.25, 0.3) is 0 Å². The summed E-state index contributed by atoms with van der Waals surface area (Å²) < 4.78 is 30.0. The van der Waals surface area contributed by atoms with Gasteiger partial charge in [-0.3, -0.25) is 4.79 Å². The molecule has 1 aromatic heterocycles. The first kappa shape index (κ1) is 13.6. The fourth-order valence-corrected chi connectivity index (χ4v) is 3.48. The van der Waals surface area contributed by atoms with Gasteiger partial charge in [-0.1, -0.05) is 30.3 Å². The summed E-state index contributed by atoms with van der Waals surface area (Å²) in [6, 6.07) is 14.8. The van der Waals surface area contributed by atoms with E-state index in [1.54, 1.807) is 42.5 Å². The van der Waals surface area contributed by atoms with Crippen LogP contribution in [0.1, 0.15) is 5.56 Å². The van der Waals surface area contributed by atoms with Gasteiger partial charge in [0, 0.05) is 0 Å². The van der Waals surface area contributed by atoms with Gasteiger partial charge in [0.15, 0.2) is 15.3 Å². The van der Waals surface area contributed by atoms with Crippen LogP contribution in [0.15, 0.2) is 75.0 Å². The molecular formula is C16H12O4S. The molecule has 4 nitrogen and oxygen atoms in total. The lowest BCUT2D eigenvalue weighted by molar-refractivity contribution is 0.583. The quantitative estimate of drug-likeness (QED) is 0.746.